The summed E-state index contributed by atoms with van der Waals surface area (Å²) in [5.41, 5.74) is 1.62. The third kappa shape index (κ3) is 2.31. The summed E-state index contributed by atoms with van der Waals surface area (Å²) in [6.07, 6.45) is 1.78. The van der Waals surface area contributed by atoms with Crippen molar-refractivity contribution in [2.75, 3.05) is 13.8 Å². The average Bonchev–Trinajstić information content (AvgIpc) is 2.21. The monoisotopic (exact) mass is 180 g/mol. The van der Waals surface area contributed by atoms with E-state index in [0.717, 1.165) is 11.3 Å². The van der Waals surface area contributed by atoms with Gasteiger partial charge in [-0.3, -0.25) is 0 Å². The van der Waals surface area contributed by atoms with Crippen molar-refractivity contribution in [1.82, 2.24) is 0 Å². The van der Waals surface area contributed by atoms with Gasteiger partial charge in [0.1, 0.15) is 12.4 Å². The molecule has 0 aliphatic carbocycles. The van der Waals surface area contributed by atoms with Gasteiger partial charge in [0.15, 0.2) is 0 Å². The Hall–Kier alpha value is -1.31. The molecular formula is C11H13FO. The first-order valence-corrected chi connectivity index (χ1v) is 4.17. The Balaban J connectivity index is 2.91. The SMILES string of the molecule is CC=C(CF)c1ccc(OC)cc1. The van der Waals surface area contributed by atoms with Crippen molar-refractivity contribution >= 4 is 5.57 Å². The highest BCUT2D eigenvalue weighted by Crippen LogP contribution is 2.18. The lowest BCUT2D eigenvalue weighted by atomic mass is 10.1. The molecule has 13 heavy (non-hydrogen) atoms. The number of methoxy groups -OCH3 is 1. The standard InChI is InChI=1S/C11H13FO/c1-3-9(8-12)10-4-6-11(13-2)7-5-10/h3-7H,8H2,1-2H3. The summed E-state index contributed by atoms with van der Waals surface area (Å²) < 4.78 is 17.4. The van der Waals surface area contributed by atoms with Gasteiger partial charge in [0, 0.05) is 0 Å². The molecule has 0 unspecified atom stereocenters. The fourth-order valence-corrected chi connectivity index (χ4v) is 1.13. The summed E-state index contributed by atoms with van der Waals surface area (Å²) in [5, 5.41) is 0. The molecule has 0 spiro atoms. The normalized spacial score (nSPS) is 11.5. The van der Waals surface area contributed by atoms with Crippen LogP contribution in [0.5, 0.6) is 5.75 Å². The fraction of sp³-hybridized carbons (Fsp3) is 0.273. The number of hydrogen-bond donors (Lipinski definition) is 0. The van der Waals surface area contributed by atoms with Crippen molar-refractivity contribution in [3.8, 4) is 5.75 Å². The molecule has 0 saturated heterocycles. The van der Waals surface area contributed by atoms with Crippen LogP contribution in [-0.2, 0) is 0 Å². The van der Waals surface area contributed by atoms with E-state index in [9.17, 15) is 4.39 Å². The van der Waals surface area contributed by atoms with E-state index in [1.165, 1.54) is 0 Å². The maximum Gasteiger partial charge on any atom is 0.118 e. The summed E-state index contributed by atoms with van der Waals surface area (Å²) in [7, 11) is 1.61. The second kappa shape index (κ2) is 4.65. The molecule has 1 nitrogen and oxygen atoms in total. The number of halogens is 1. The Morgan fingerprint density at radius 2 is 2.00 bits per heavy atom. The van der Waals surface area contributed by atoms with E-state index in [0.29, 0.717) is 5.57 Å². The van der Waals surface area contributed by atoms with E-state index < -0.39 is 6.67 Å². The first kappa shape index (κ1) is 9.78. The first-order chi connectivity index (χ1) is 6.31. The lowest BCUT2D eigenvalue weighted by Crippen LogP contribution is -1.87. The Kier molecular flexibility index (Phi) is 3.50. The van der Waals surface area contributed by atoms with Crippen LogP contribution >= 0.6 is 0 Å². The Morgan fingerprint density at radius 3 is 2.38 bits per heavy atom. The summed E-state index contributed by atoms with van der Waals surface area (Å²) in [6.45, 7) is 1.40. The molecule has 0 aliphatic heterocycles. The van der Waals surface area contributed by atoms with E-state index in [-0.39, 0.29) is 0 Å². The third-order valence-corrected chi connectivity index (χ3v) is 1.95. The Morgan fingerprint density at radius 1 is 1.38 bits per heavy atom. The van der Waals surface area contributed by atoms with Crippen LogP contribution in [-0.4, -0.2) is 13.8 Å². The zero-order chi connectivity index (χ0) is 9.68. The van der Waals surface area contributed by atoms with E-state index in [1.54, 1.807) is 13.2 Å². The molecule has 1 rings (SSSR count). The Labute approximate surface area is 77.8 Å². The van der Waals surface area contributed by atoms with Crippen LogP contribution in [0.4, 0.5) is 4.39 Å². The number of hydrogen-bond acceptors (Lipinski definition) is 1. The number of alkyl halides is 1. The van der Waals surface area contributed by atoms with E-state index >= 15 is 0 Å². The van der Waals surface area contributed by atoms with Gasteiger partial charge in [0.05, 0.1) is 7.11 Å². The van der Waals surface area contributed by atoms with Crippen molar-refractivity contribution in [2.45, 2.75) is 6.92 Å². The third-order valence-electron chi connectivity index (χ3n) is 1.95. The molecule has 0 atom stereocenters. The van der Waals surface area contributed by atoms with Crippen LogP contribution in [0.15, 0.2) is 30.3 Å². The maximum atomic E-state index is 12.4. The zero-order valence-electron chi connectivity index (χ0n) is 7.88. The molecule has 1 aromatic carbocycles. The van der Waals surface area contributed by atoms with Crippen molar-refractivity contribution in [2.24, 2.45) is 0 Å². The molecule has 0 N–H and O–H groups in total. The van der Waals surface area contributed by atoms with Gasteiger partial charge in [-0.05, 0) is 30.2 Å². The second-order valence-corrected chi connectivity index (χ2v) is 2.68. The Bertz CT molecular complexity index is 287. The van der Waals surface area contributed by atoms with E-state index in [2.05, 4.69) is 0 Å². The zero-order valence-corrected chi connectivity index (χ0v) is 7.88. The predicted molar refractivity (Wildman–Crippen MR) is 52.6 cm³/mol. The van der Waals surface area contributed by atoms with Gasteiger partial charge in [0.25, 0.3) is 0 Å². The second-order valence-electron chi connectivity index (χ2n) is 2.68. The number of allylic oxidation sites excluding steroid dienone is 2. The van der Waals surface area contributed by atoms with Crippen molar-refractivity contribution in [3.05, 3.63) is 35.9 Å². The quantitative estimate of drug-likeness (QED) is 0.694. The highest BCUT2D eigenvalue weighted by molar-refractivity contribution is 5.66. The molecule has 0 radical (unpaired) electrons. The van der Waals surface area contributed by atoms with Crippen LogP contribution in [0, 0.1) is 0 Å². The first-order valence-electron chi connectivity index (χ1n) is 4.17. The molecule has 0 fully saturated rings. The molecule has 1 aromatic rings. The lowest BCUT2D eigenvalue weighted by Gasteiger charge is -2.03. The summed E-state index contributed by atoms with van der Waals surface area (Å²) >= 11 is 0. The molecule has 0 saturated carbocycles. The van der Waals surface area contributed by atoms with Crippen LogP contribution in [0.25, 0.3) is 5.57 Å². The highest BCUT2D eigenvalue weighted by atomic mass is 19.1. The van der Waals surface area contributed by atoms with Crippen LogP contribution in [0.1, 0.15) is 12.5 Å². The van der Waals surface area contributed by atoms with Gasteiger partial charge >= 0.3 is 0 Å². The van der Waals surface area contributed by atoms with Crippen molar-refractivity contribution < 1.29 is 9.13 Å². The van der Waals surface area contributed by atoms with Gasteiger partial charge in [-0.1, -0.05) is 18.2 Å². The van der Waals surface area contributed by atoms with Gasteiger partial charge in [0.2, 0.25) is 0 Å². The highest BCUT2D eigenvalue weighted by Gasteiger charge is 1.99. The largest absolute Gasteiger partial charge is 0.497 e. The smallest absolute Gasteiger partial charge is 0.118 e. The molecule has 0 bridgehead atoms. The topological polar surface area (TPSA) is 9.23 Å². The lowest BCUT2D eigenvalue weighted by molar-refractivity contribution is 0.414. The van der Waals surface area contributed by atoms with Gasteiger partial charge in [-0.15, -0.1) is 0 Å². The number of benzene rings is 1. The van der Waals surface area contributed by atoms with Crippen molar-refractivity contribution in [3.63, 3.8) is 0 Å². The minimum atomic E-state index is -0.428. The van der Waals surface area contributed by atoms with E-state index in [4.69, 9.17) is 4.74 Å². The molecule has 0 aromatic heterocycles. The van der Waals surface area contributed by atoms with Gasteiger partial charge < -0.3 is 4.74 Å². The molecule has 2 heteroatoms. The summed E-state index contributed by atoms with van der Waals surface area (Å²) in [5.74, 6) is 0.790. The number of rotatable bonds is 3. The van der Waals surface area contributed by atoms with E-state index in [1.807, 2.05) is 31.2 Å². The minimum Gasteiger partial charge on any atom is -0.497 e. The van der Waals surface area contributed by atoms with Gasteiger partial charge in [-0.2, -0.15) is 0 Å². The molecule has 70 valence electrons. The molecule has 0 aliphatic rings. The summed E-state index contributed by atoms with van der Waals surface area (Å²) in [6, 6.07) is 7.37. The molecular weight excluding hydrogens is 167 g/mol. The summed E-state index contributed by atoms with van der Waals surface area (Å²) in [4.78, 5) is 0. The average molecular weight is 180 g/mol. The van der Waals surface area contributed by atoms with Crippen LogP contribution in [0.3, 0.4) is 0 Å². The molecule has 0 amide bonds. The number of ether oxygens (including phenoxy) is 1. The maximum absolute atomic E-state index is 12.4. The predicted octanol–water partition coefficient (Wildman–Crippen LogP) is 3.07. The van der Waals surface area contributed by atoms with Gasteiger partial charge in [-0.25, -0.2) is 4.39 Å². The fourth-order valence-electron chi connectivity index (χ4n) is 1.13. The minimum absolute atomic E-state index is 0.428. The van der Waals surface area contributed by atoms with Crippen LogP contribution in [0.2, 0.25) is 0 Å². The van der Waals surface area contributed by atoms with Crippen molar-refractivity contribution in [1.29, 1.82) is 0 Å². The molecule has 0 heterocycles. The van der Waals surface area contributed by atoms with Crippen LogP contribution < -0.4 is 4.74 Å².